The number of fused-ring (bicyclic) bond motifs is 1. The Kier molecular flexibility index (Phi) is 4.16. The Morgan fingerprint density at radius 2 is 2.00 bits per heavy atom. The van der Waals surface area contributed by atoms with E-state index in [0.717, 1.165) is 17.6 Å². The van der Waals surface area contributed by atoms with E-state index < -0.39 is 5.92 Å². The predicted molar refractivity (Wildman–Crippen MR) is 89.4 cm³/mol. The second-order valence-corrected chi connectivity index (χ2v) is 6.72. The molecule has 0 amide bonds. The highest BCUT2D eigenvalue weighted by Gasteiger charge is 2.27. The fraction of sp³-hybridized carbons (Fsp3) is 0.312. The molecule has 0 aliphatic carbocycles. The lowest BCUT2D eigenvalue weighted by molar-refractivity contribution is 0.0129. The third kappa shape index (κ3) is 2.93. The van der Waals surface area contributed by atoms with Crippen LogP contribution in [0.4, 0.5) is 8.78 Å². The van der Waals surface area contributed by atoms with Crippen molar-refractivity contribution in [2.24, 2.45) is 7.05 Å². The lowest BCUT2D eigenvalue weighted by Gasteiger charge is -2.09. The van der Waals surface area contributed by atoms with Crippen LogP contribution in [0.15, 0.2) is 29.4 Å². The van der Waals surface area contributed by atoms with Gasteiger partial charge in [-0.3, -0.25) is 4.98 Å². The van der Waals surface area contributed by atoms with E-state index in [0.29, 0.717) is 22.6 Å². The van der Waals surface area contributed by atoms with Crippen molar-refractivity contribution < 1.29 is 13.9 Å². The van der Waals surface area contributed by atoms with Crippen molar-refractivity contribution in [3.63, 3.8) is 0 Å². The van der Waals surface area contributed by atoms with Gasteiger partial charge in [0.1, 0.15) is 17.1 Å². The van der Waals surface area contributed by atoms with Gasteiger partial charge in [0, 0.05) is 18.9 Å². The molecule has 0 radical (unpaired) electrons. The van der Waals surface area contributed by atoms with Crippen LogP contribution >= 0.6 is 11.8 Å². The summed E-state index contributed by atoms with van der Waals surface area (Å²) in [7, 11) is 1.78. The van der Waals surface area contributed by atoms with Gasteiger partial charge in [0.25, 0.3) is 5.92 Å². The van der Waals surface area contributed by atoms with Crippen LogP contribution in [0.25, 0.3) is 22.6 Å². The van der Waals surface area contributed by atoms with Crippen LogP contribution < -0.4 is 0 Å². The van der Waals surface area contributed by atoms with Crippen LogP contribution in [0.5, 0.6) is 5.75 Å². The Morgan fingerprint density at radius 3 is 2.67 bits per heavy atom. The number of imidazole rings is 1. The standard InChI is InChI=1S/C16H16F2N4OS/c1-4-24-12-5-9(23)7-20-14(12)15-21-10-6-13(16(2,17)18)19-8-11(10)22(15)3/h5-8,23H,4H2,1-3H3. The molecule has 0 spiro atoms. The van der Waals surface area contributed by atoms with E-state index >= 15 is 0 Å². The van der Waals surface area contributed by atoms with E-state index in [9.17, 15) is 13.9 Å². The molecule has 0 atom stereocenters. The summed E-state index contributed by atoms with van der Waals surface area (Å²) in [6.45, 7) is 2.80. The van der Waals surface area contributed by atoms with Crippen LogP contribution in [-0.2, 0) is 13.0 Å². The van der Waals surface area contributed by atoms with E-state index in [-0.39, 0.29) is 11.4 Å². The first-order valence-electron chi connectivity index (χ1n) is 7.34. The molecule has 0 bridgehead atoms. The minimum atomic E-state index is -3.02. The molecule has 0 unspecified atom stereocenters. The molecular weight excluding hydrogens is 334 g/mol. The second kappa shape index (κ2) is 6.01. The minimum absolute atomic E-state index is 0.0723. The molecule has 24 heavy (non-hydrogen) atoms. The monoisotopic (exact) mass is 350 g/mol. The van der Waals surface area contributed by atoms with Gasteiger partial charge >= 0.3 is 0 Å². The number of aryl methyl sites for hydroxylation is 1. The maximum atomic E-state index is 13.5. The molecule has 5 nitrogen and oxygen atoms in total. The normalized spacial score (nSPS) is 12.0. The molecule has 3 heterocycles. The number of pyridine rings is 2. The van der Waals surface area contributed by atoms with Crippen molar-refractivity contribution in [1.82, 2.24) is 19.5 Å². The summed E-state index contributed by atoms with van der Waals surface area (Å²) in [5.74, 6) is -1.61. The number of rotatable bonds is 4. The van der Waals surface area contributed by atoms with E-state index in [1.807, 2.05) is 6.92 Å². The molecule has 126 valence electrons. The average molecular weight is 350 g/mol. The summed E-state index contributed by atoms with van der Waals surface area (Å²) in [5.41, 5.74) is 1.35. The van der Waals surface area contributed by atoms with Crippen molar-refractivity contribution >= 4 is 22.8 Å². The smallest absolute Gasteiger partial charge is 0.287 e. The van der Waals surface area contributed by atoms with Gasteiger partial charge in [0.05, 0.1) is 23.4 Å². The summed E-state index contributed by atoms with van der Waals surface area (Å²) in [6.07, 6.45) is 2.74. The summed E-state index contributed by atoms with van der Waals surface area (Å²) in [5, 5.41) is 9.65. The van der Waals surface area contributed by atoms with Gasteiger partial charge in [-0.15, -0.1) is 11.8 Å². The van der Waals surface area contributed by atoms with Crippen molar-refractivity contribution in [1.29, 1.82) is 0 Å². The molecule has 0 aliphatic rings. The Hall–Kier alpha value is -2.22. The van der Waals surface area contributed by atoms with Crippen molar-refractivity contribution in [2.75, 3.05) is 5.75 Å². The SMILES string of the molecule is CCSc1cc(O)cnc1-c1nc2cc(C(C)(F)F)ncc2n1C. The number of aromatic hydroxyl groups is 1. The molecule has 3 aromatic rings. The predicted octanol–water partition coefficient (Wildman–Crippen LogP) is 3.96. The Labute approximate surface area is 141 Å². The number of aromatic nitrogens is 4. The number of hydrogen-bond acceptors (Lipinski definition) is 5. The molecule has 0 aliphatic heterocycles. The molecule has 0 saturated heterocycles. The molecule has 3 aromatic heterocycles. The maximum absolute atomic E-state index is 13.5. The first-order valence-corrected chi connectivity index (χ1v) is 8.32. The molecule has 8 heteroatoms. The number of halogens is 2. The van der Waals surface area contributed by atoms with E-state index in [4.69, 9.17) is 0 Å². The van der Waals surface area contributed by atoms with Gasteiger partial charge < -0.3 is 9.67 Å². The lowest BCUT2D eigenvalue weighted by atomic mass is 10.2. The van der Waals surface area contributed by atoms with Crippen LogP contribution in [-0.4, -0.2) is 30.4 Å². The zero-order valence-electron chi connectivity index (χ0n) is 13.4. The fourth-order valence-electron chi connectivity index (χ4n) is 2.41. The number of alkyl halides is 2. The van der Waals surface area contributed by atoms with Gasteiger partial charge in [0.2, 0.25) is 0 Å². The zero-order chi connectivity index (χ0) is 17.5. The summed E-state index contributed by atoms with van der Waals surface area (Å²) in [4.78, 5) is 13.4. The topological polar surface area (TPSA) is 63.8 Å². The Bertz CT molecular complexity index is 905. The molecular formula is C16H16F2N4OS. The highest BCUT2D eigenvalue weighted by Crippen LogP contribution is 2.34. The Balaban J connectivity index is 2.19. The number of nitrogens with zero attached hydrogens (tertiary/aromatic N) is 4. The van der Waals surface area contributed by atoms with Gasteiger partial charge in [-0.05, 0) is 17.9 Å². The highest BCUT2D eigenvalue weighted by atomic mass is 32.2. The number of hydrogen-bond donors (Lipinski definition) is 1. The zero-order valence-corrected chi connectivity index (χ0v) is 14.2. The maximum Gasteiger partial charge on any atom is 0.287 e. The van der Waals surface area contributed by atoms with Crippen LogP contribution in [0.2, 0.25) is 0 Å². The highest BCUT2D eigenvalue weighted by molar-refractivity contribution is 7.99. The van der Waals surface area contributed by atoms with E-state index in [1.54, 1.807) is 17.7 Å². The summed E-state index contributed by atoms with van der Waals surface area (Å²) in [6, 6.07) is 2.92. The van der Waals surface area contributed by atoms with Crippen molar-refractivity contribution in [2.45, 2.75) is 24.7 Å². The minimum Gasteiger partial charge on any atom is -0.506 e. The Morgan fingerprint density at radius 1 is 1.25 bits per heavy atom. The molecule has 0 fully saturated rings. The third-order valence-electron chi connectivity index (χ3n) is 3.57. The van der Waals surface area contributed by atoms with Gasteiger partial charge in [-0.1, -0.05) is 6.92 Å². The quantitative estimate of drug-likeness (QED) is 0.722. The van der Waals surface area contributed by atoms with E-state index in [2.05, 4.69) is 15.0 Å². The van der Waals surface area contributed by atoms with Crippen molar-refractivity contribution in [3.05, 3.63) is 30.2 Å². The van der Waals surface area contributed by atoms with Crippen LogP contribution in [0.3, 0.4) is 0 Å². The van der Waals surface area contributed by atoms with Gasteiger partial charge in [-0.25, -0.2) is 9.97 Å². The van der Waals surface area contributed by atoms with Gasteiger partial charge in [0.15, 0.2) is 5.82 Å². The van der Waals surface area contributed by atoms with Crippen LogP contribution in [0.1, 0.15) is 19.5 Å². The van der Waals surface area contributed by atoms with E-state index in [1.165, 1.54) is 30.2 Å². The summed E-state index contributed by atoms with van der Waals surface area (Å²) < 4.78 is 28.7. The third-order valence-corrected chi connectivity index (χ3v) is 4.48. The molecule has 1 N–H and O–H groups in total. The first kappa shape index (κ1) is 16.6. The van der Waals surface area contributed by atoms with Crippen LogP contribution in [0, 0.1) is 0 Å². The molecule has 0 aromatic carbocycles. The summed E-state index contributed by atoms with van der Waals surface area (Å²) >= 11 is 1.53. The number of thioether (sulfide) groups is 1. The lowest BCUT2D eigenvalue weighted by Crippen LogP contribution is -2.09. The fourth-order valence-corrected chi connectivity index (χ4v) is 3.20. The first-order chi connectivity index (χ1) is 11.3. The second-order valence-electron chi connectivity index (χ2n) is 5.41. The molecule has 3 rings (SSSR count). The molecule has 0 saturated carbocycles. The van der Waals surface area contributed by atoms with Crippen molar-refractivity contribution in [3.8, 4) is 17.3 Å². The largest absolute Gasteiger partial charge is 0.506 e. The van der Waals surface area contributed by atoms with Gasteiger partial charge in [-0.2, -0.15) is 8.78 Å². The average Bonchev–Trinajstić information content (AvgIpc) is 2.83.